The molecule has 0 saturated carbocycles. The molecule has 0 saturated heterocycles. The molecule has 242 valence electrons. The molecule has 4 aromatic carbocycles. The van der Waals surface area contributed by atoms with Crippen molar-refractivity contribution in [1.82, 2.24) is 10.2 Å². The van der Waals surface area contributed by atoms with Gasteiger partial charge in [0.2, 0.25) is 11.8 Å². The van der Waals surface area contributed by atoms with E-state index in [1.54, 1.807) is 42.5 Å². The zero-order chi connectivity index (χ0) is 33.1. The Labute approximate surface area is 280 Å². The van der Waals surface area contributed by atoms with Gasteiger partial charge in [0.15, 0.2) is 0 Å². The summed E-state index contributed by atoms with van der Waals surface area (Å²) in [6.07, 6.45) is 1.85. The minimum atomic E-state index is -4.26. The van der Waals surface area contributed by atoms with Gasteiger partial charge in [-0.2, -0.15) is 0 Å². The first kappa shape index (κ1) is 34.8. The van der Waals surface area contributed by atoms with Crippen LogP contribution in [0.4, 0.5) is 5.69 Å². The molecule has 4 aromatic rings. The van der Waals surface area contributed by atoms with Crippen molar-refractivity contribution in [3.05, 3.63) is 124 Å². The minimum absolute atomic E-state index is 0.00876. The fourth-order valence-electron chi connectivity index (χ4n) is 4.93. The molecule has 46 heavy (non-hydrogen) atoms. The first-order chi connectivity index (χ1) is 22.1. The zero-order valence-corrected chi connectivity index (χ0v) is 28.1. The number of rotatable bonds is 15. The number of nitrogens with one attached hydrogen (secondary N) is 1. The number of sulfonamides is 1. The number of carbonyl (C=O) groups excluding carboxylic acids is 2. The maximum absolute atomic E-state index is 14.5. The number of ether oxygens (including phenoxy) is 1. The van der Waals surface area contributed by atoms with E-state index in [1.807, 2.05) is 37.3 Å². The van der Waals surface area contributed by atoms with Gasteiger partial charge in [0.05, 0.1) is 22.7 Å². The topological polar surface area (TPSA) is 96.0 Å². The average molecular weight is 683 g/mol. The van der Waals surface area contributed by atoms with E-state index < -0.39 is 28.5 Å². The van der Waals surface area contributed by atoms with Crippen LogP contribution >= 0.6 is 23.2 Å². The van der Waals surface area contributed by atoms with Crippen LogP contribution in [0.25, 0.3) is 0 Å². The summed E-state index contributed by atoms with van der Waals surface area (Å²) in [4.78, 5) is 29.8. The molecule has 1 N–H and O–H groups in total. The van der Waals surface area contributed by atoms with Crippen LogP contribution in [0.15, 0.2) is 108 Å². The van der Waals surface area contributed by atoms with Gasteiger partial charge in [0.25, 0.3) is 10.0 Å². The lowest BCUT2D eigenvalue weighted by atomic mass is 10.0. The highest BCUT2D eigenvalue weighted by Gasteiger charge is 2.35. The molecule has 1 atom stereocenters. The van der Waals surface area contributed by atoms with E-state index in [1.165, 1.54) is 42.3 Å². The van der Waals surface area contributed by atoms with E-state index in [0.29, 0.717) is 22.9 Å². The normalized spacial score (nSPS) is 11.8. The van der Waals surface area contributed by atoms with E-state index in [2.05, 4.69) is 5.32 Å². The Morgan fingerprint density at radius 2 is 1.52 bits per heavy atom. The van der Waals surface area contributed by atoms with Gasteiger partial charge in [0.1, 0.15) is 18.3 Å². The van der Waals surface area contributed by atoms with Crippen LogP contribution in [0.1, 0.15) is 30.9 Å². The van der Waals surface area contributed by atoms with E-state index in [9.17, 15) is 18.0 Å². The van der Waals surface area contributed by atoms with Gasteiger partial charge in [-0.05, 0) is 53.9 Å². The average Bonchev–Trinajstić information content (AvgIpc) is 3.06. The lowest BCUT2D eigenvalue weighted by molar-refractivity contribution is -0.140. The number of hydrogen-bond acceptors (Lipinski definition) is 5. The highest BCUT2D eigenvalue weighted by Crippen LogP contribution is 2.32. The maximum Gasteiger partial charge on any atom is 0.264 e. The SMILES string of the molecule is CCCCNC(=O)C(Cc1ccccc1)N(Cc1ccccc1Cl)C(=O)CN(c1ccc(OC)c(Cl)c1)S(=O)(=O)c1ccccc1. The molecule has 0 aliphatic rings. The zero-order valence-electron chi connectivity index (χ0n) is 25.7. The summed E-state index contributed by atoms with van der Waals surface area (Å²) in [5, 5.41) is 3.56. The van der Waals surface area contributed by atoms with Crippen LogP contribution < -0.4 is 14.4 Å². The first-order valence-electron chi connectivity index (χ1n) is 14.9. The summed E-state index contributed by atoms with van der Waals surface area (Å²) >= 11 is 13.0. The van der Waals surface area contributed by atoms with Crippen LogP contribution in [0, 0.1) is 0 Å². The molecule has 0 aliphatic heterocycles. The number of unbranched alkanes of at least 4 members (excludes halogenated alkanes) is 1. The largest absolute Gasteiger partial charge is 0.495 e. The predicted octanol–water partition coefficient (Wildman–Crippen LogP) is 6.75. The number of anilines is 1. The molecular formula is C35H37Cl2N3O5S. The molecule has 0 aromatic heterocycles. The summed E-state index contributed by atoms with van der Waals surface area (Å²) in [5.74, 6) is -0.596. The lowest BCUT2D eigenvalue weighted by Crippen LogP contribution is -2.53. The molecule has 0 fully saturated rings. The Bertz CT molecular complexity index is 1720. The van der Waals surface area contributed by atoms with E-state index in [0.717, 1.165) is 22.7 Å². The molecule has 4 rings (SSSR count). The van der Waals surface area contributed by atoms with Gasteiger partial charge < -0.3 is 15.0 Å². The molecule has 0 heterocycles. The Kier molecular flexibility index (Phi) is 12.5. The quantitative estimate of drug-likeness (QED) is 0.140. The number of methoxy groups -OCH3 is 1. The second-order valence-corrected chi connectivity index (χ2v) is 13.3. The van der Waals surface area contributed by atoms with Crippen molar-refractivity contribution in [1.29, 1.82) is 0 Å². The Morgan fingerprint density at radius 3 is 2.15 bits per heavy atom. The Hall–Kier alpha value is -4.05. The van der Waals surface area contributed by atoms with Gasteiger partial charge in [-0.3, -0.25) is 13.9 Å². The molecule has 0 aliphatic carbocycles. The highest BCUT2D eigenvalue weighted by atomic mass is 35.5. The summed E-state index contributed by atoms with van der Waals surface area (Å²) in [6.45, 7) is 1.82. The summed E-state index contributed by atoms with van der Waals surface area (Å²) < 4.78 is 34.5. The summed E-state index contributed by atoms with van der Waals surface area (Å²) in [5.41, 5.74) is 1.61. The molecule has 0 spiro atoms. The number of hydrogen-bond donors (Lipinski definition) is 1. The van der Waals surface area contributed by atoms with Gasteiger partial charge >= 0.3 is 0 Å². The third-order valence-electron chi connectivity index (χ3n) is 7.43. The lowest BCUT2D eigenvalue weighted by Gasteiger charge is -2.34. The number of benzene rings is 4. The van der Waals surface area contributed by atoms with Crippen LogP contribution in [-0.4, -0.2) is 51.4 Å². The van der Waals surface area contributed by atoms with Crippen LogP contribution in [0.2, 0.25) is 10.0 Å². The molecule has 8 nitrogen and oxygen atoms in total. The second kappa shape index (κ2) is 16.5. The maximum atomic E-state index is 14.5. The standard InChI is InChI=1S/C35H37Cl2N3O5S/c1-3-4-21-38-35(42)32(22-26-13-7-5-8-14-26)39(24-27-15-11-12-18-30(27)36)34(41)25-40(28-19-20-33(45-2)31(37)23-28)46(43,44)29-16-9-6-10-17-29/h5-20,23,32H,3-4,21-22,24-25H2,1-2H3,(H,38,42). The number of amides is 2. The Morgan fingerprint density at radius 1 is 0.870 bits per heavy atom. The fourth-order valence-corrected chi connectivity index (χ4v) is 6.80. The molecule has 1 unspecified atom stereocenters. The van der Waals surface area contributed by atoms with Crippen molar-refractivity contribution >= 4 is 50.7 Å². The molecule has 0 radical (unpaired) electrons. The monoisotopic (exact) mass is 681 g/mol. The van der Waals surface area contributed by atoms with E-state index in [4.69, 9.17) is 27.9 Å². The fraction of sp³-hybridized carbons (Fsp3) is 0.257. The molecule has 0 bridgehead atoms. The van der Waals surface area contributed by atoms with E-state index in [-0.39, 0.29) is 34.5 Å². The highest BCUT2D eigenvalue weighted by molar-refractivity contribution is 7.92. The van der Waals surface area contributed by atoms with Crippen molar-refractivity contribution in [2.75, 3.05) is 24.5 Å². The van der Waals surface area contributed by atoms with Crippen molar-refractivity contribution in [3.63, 3.8) is 0 Å². The summed E-state index contributed by atoms with van der Waals surface area (Å²) in [6, 6.07) is 27.8. The number of halogens is 2. The van der Waals surface area contributed by atoms with Gasteiger partial charge in [0, 0.05) is 24.5 Å². The number of nitrogens with zero attached hydrogens (tertiary/aromatic N) is 2. The first-order valence-corrected chi connectivity index (χ1v) is 17.1. The van der Waals surface area contributed by atoms with Gasteiger partial charge in [-0.1, -0.05) is 103 Å². The van der Waals surface area contributed by atoms with Crippen molar-refractivity contribution in [2.45, 2.75) is 43.7 Å². The molecule has 11 heteroatoms. The third kappa shape index (κ3) is 8.81. The minimum Gasteiger partial charge on any atom is -0.495 e. The second-order valence-electron chi connectivity index (χ2n) is 10.6. The molecule has 2 amide bonds. The van der Waals surface area contributed by atoms with Gasteiger partial charge in [-0.25, -0.2) is 8.42 Å². The van der Waals surface area contributed by atoms with Crippen LogP contribution in [0.3, 0.4) is 0 Å². The van der Waals surface area contributed by atoms with Crippen LogP contribution in [-0.2, 0) is 32.6 Å². The smallest absolute Gasteiger partial charge is 0.264 e. The summed E-state index contributed by atoms with van der Waals surface area (Å²) in [7, 11) is -2.81. The van der Waals surface area contributed by atoms with Gasteiger partial charge in [-0.15, -0.1) is 0 Å². The number of carbonyl (C=O) groups is 2. The Balaban J connectivity index is 1.81. The van der Waals surface area contributed by atoms with Crippen molar-refractivity contribution < 1.29 is 22.7 Å². The molecular weight excluding hydrogens is 645 g/mol. The third-order valence-corrected chi connectivity index (χ3v) is 9.88. The van der Waals surface area contributed by atoms with E-state index >= 15 is 0 Å². The van der Waals surface area contributed by atoms with Crippen LogP contribution in [0.5, 0.6) is 5.75 Å². The van der Waals surface area contributed by atoms with Crippen molar-refractivity contribution in [2.24, 2.45) is 0 Å². The predicted molar refractivity (Wildman–Crippen MR) is 183 cm³/mol. The van der Waals surface area contributed by atoms with Crippen molar-refractivity contribution in [3.8, 4) is 5.75 Å².